The Morgan fingerprint density at radius 3 is 2.88 bits per heavy atom. The third-order valence-corrected chi connectivity index (χ3v) is 3.73. The Hall–Kier alpha value is -3.01. The predicted octanol–water partition coefficient (Wildman–Crippen LogP) is 2.64. The van der Waals surface area contributed by atoms with Gasteiger partial charge in [0, 0.05) is 19.4 Å². The van der Waals surface area contributed by atoms with Crippen LogP contribution in [-0.2, 0) is 7.05 Å². The van der Waals surface area contributed by atoms with Crippen molar-refractivity contribution >= 4 is 33.9 Å². The van der Waals surface area contributed by atoms with Gasteiger partial charge < -0.3 is 10.1 Å². The number of hydrogen-bond acceptors (Lipinski definition) is 8. The van der Waals surface area contributed by atoms with E-state index in [4.69, 9.17) is 4.74 Å². The zero-order valence-electron chi connectivity index (χ0n) is 13.3. The van der Waals surface area contributed by atoms with Crippen molar-refractivity contribution in [3.63, 3.8) is 0 Å². The molecule has 3 aromatic rings. The Balaban J connectivity index is 1.71. The Morgan fingerprint density at radius 1 is 1.33 bits per heavy atom. The molecule has 0 bridgehead atoms. The van der Waals surface area contributed by atoms with Gasteiger partial charge in [-0.3, -0.25) is 10.00 Å². The van der Waals surface area contributed by atoms with Gasteiger partial charge in [-0.15, -0.1) is 0 Å². The van der Waals surface area contributed by atoms with Gasteiger partial charge >= 0.3 is 6.09 Å². The van der Waals surface area contributed by atoms with Crippen LogP contribution in [0.2, 0.25) is 0 Å². The van der Waals surface area contributed by atoms with E-state index in [0.717, 1.165) is 10.7 Å². The molecule has 0 aliphatic rings. The first kappa shape index (κ1) is 15.9. The Labute approximate surface area is 141 Å². The van der Waals surface area contributed by atoms with Crippen molar-refractivity contribution in [2.24, 2.45) is 7.05 Å². The van der Waals surface area contributed by atoms with Gasteiger partial charge in [0.15, 0.2) is 5.00 Å². The fraction of sp³-hybridized carbons (Fsp3) is 0.214. The zero-order valence-corrected chi connectivity index (χ0v) is 14.1. The monoisotopic (exact) mass is 345 g/mol. The summed E-state index contributed by atoms with van der Waals surface area (Å²) in [4.78, 5) is 24.3. The minimum Gasteiger partial charge on any atom is -0.388 e. The van der Waals surface area contributed by atoms with Crippen molar-refractivity contribution in [2.75, 3.05) is 10.6 Å². The molecule has 3 heterocycles. The van der Waals surface area contributed by atoms with E-state index in [2.05, 4.69) is 30.7 Å². The number of rotatable bonds is 4. The van der Waals surface area contributed by atoms with Gasteiger partial charge in [0.25, 0.3) is 5.88 Å². The van der Waals surface area contributed by atoms with Crippen LogP contribution in [0.3, 0.4) is 0 Å². The molecule has 2 N–H and O–H groups in total. The van der Waals surface area contributed by atoms with Crippen molar-refractivity contribution in [3.05, 3.63) is 35.5 Å². The second-order valence-corrected chi connectivity index (χ2v) is 6.10. The van der Waals surface area contributed by atoms with Crippen molar-refractivity contribution in [2.45, 2.75) is 13.8 Å². The molecule has 3 rings (SSSR count). The zero-order chi connectivity index (χ0) is 17.1. The molecule has 24 heavy (non-hydrogen) atoms. The van der Waals surface area contributed by atoms with E-state index < -0.39 is 6.09 Å². The third-order valence-electron chi connectivity index (χ3n) is 2.86. The fourth-order valence-electron chi connectivity index (χ4n) is 1.92. The lowest BCUT2D eigenvalue weighted by Crippen LogP contribution is -2.18. The minimum absolute atomic E-state index is 0.199. The Kier molecular flexibility index (Phi) is 4.38. The standard InChI is InChI=1S/C14H15N7O2S/c1-8-15-5-4-11(17-8)20-14(22)23-12-13(24-9(2)18-12)19-10-6-16-21(3)7-10/h4-7,19H,1-3H3,(H,15,17,20,22). The molecule has 0 fully saturated rings. The predicted molar refractivity (Wildman–Crippen MR) is 89.8 cm³/mol. The molecule has 0 aliphatic heterocycles. The highest BCUT2D eigenvalue weighted by Gasteiger charge is 2.16. The summed E-state index contributed by atoms with van der Waals surface area (Å²) < 4.78 is 6.96. The summed E-state index contributed by atoms with van der Waals surface area (Å²) in [7, 11) is 1.82. The number of carbonyl (C=O) groups excluding carboxylic acids is 1. The average Bonchev–Trinajstić information content (AvgIpc) is 3.05. The van der Waals surface area contributed by atoms with Crippen LogP contribution in [-0.4, -0.2) is 30.8 Å². The first-order valence-electron chi connectivity index (χ1n) is 7.01. The highest BCUT2D eigenvalue weighted by molar-refractivity contribution is 7.16. The number of nitrogens with zero attached hydrogens (tertiary/aromatic N) is 5. The highest BCUT2D eigenvalue weighted by Crippen LogP contribution is 2.33. The summed E-state index contributed by atoms with van der Waals surface area (Å²) in [6, 6.07) is 1.58. The molecule has 124 valence electrons. The molecule has 1 amide bonds. The number of ether oxygens (including phenoxy) is 1. The molecule has 0 saturated heterocycles. The summed E-state index contributed by atoms with van der Waals surface area (Å²) in [5.41, 5.74) is 0.776. The molecule has 0 radical (unpaired) electrons. The van der Waals surface area contributed by atoms with Gasteiger partial charge in [-0.25, -0.2) is 19.7 Å². The number of amides is 1. The van der Waals surface area contributed by atoms with Crippen molar-refractivity contribution in [1.29, 1.82) is 0 Å². The number of hydrogen-bond donors (Lipinski definition) is 2. The van der Waals surface area contributed by atoms with Crippen LogP contribution in [0.5, 0.6) is 5.88 Å². The van der Waals surface area contributed by atoms with Crippen LogP contribution >= 0.6 is 11.3 Å². The Bertz CT molecular complexity index is 874. The normalized spacial score (nSPS) is 10.5. The maximum absolute atomic E-state index is 12.0. The van der Waals surface area contributed by atoms with E-state index in [1.165, 1.54) is 11.3 Å². The second kappa shape index (κ2) is 6.62. The largest absolute Gasteiger partial charge is 0.419 e. The first-order chi connectivity index (χ1) is 11.5. The average molecular weight is 345 g/mol. The number of anilines is 3. The molecular weight excluding hydrogens is 330 g/mol. The van der Waals surface area contributed by atoms with Crippen molar-refractivity contribution in [1.82, 2.24) is 24.7 Å². The van der Waals surface area contributed by atoms with Gasteiger partial charge in [-0.2, -0.15) is 5.10 Å². The summed E-state index contributed by atoms with van der Waals surface area (Å²) in [5, 5.41) is 11.1. The summed E-state index contributed by atoms with van der Waals surface area (Å²) in [6.45, 7) is 3.56. The molecule has 0 saturated carbocycles. The number of thiazole rings is 1. The van der Waals surface area contributed by atoms with E-state index in [0.29, 0.717) is 16.6 Å². The molecule has 3 aromatic heterocycles. The number of aromatic nitrogens is 5. The molecule has 0 aromatic carbocycles. The fourth-order valence-corrected chi connectivity index (χ4v) is 2.68. The number of aryl methyl sites for hydroxylation is 3. The van der Waals surface area contributed by atoms with Crippen LogP contribution < -0.4 is 15.4 Å². The molecule has 10 heteroatoms. The number of nitrogens with one attached hydrogen (secondary N) is 2. The molecule has 0 spiro atoms. The molecule has 0 unspecified atom stereocenters. The molecular formula is C14H15N7O2S. The smallest absolute Gasteiger partial charge is 0.388 e. The van der Waals surface area contributed by atoms with Gasteiger partial charge in [0.1, 0.15) is 11.6 Å². The van der Waals surface area contributed by atoms with Gasteiger partial charge in [-0.05, 0) is 19.9 Å². The van der Waals surface area contributed by atoms with Crippen LogP contribution in [0.15, 0.2) is 24.7 Å². The maximum Gasteiger partial charge on any atom is 0.419 e. The molecule has 9 nitrogen and oxygen atoms in total. The lowest BCUT2D eigenvalue weighted by Gasteiger charge is -2.06. The van der Waals surface area contributed by atoms with E-state index in [1.54, 1.807) is 30.1 Å². The quantitative estimate of drug-likeness (QED) is 0.748. The topological polar surface area (TPSA) is 107 Å². The van der Waals surface area contributed by atoms with Crippen molar-refractivity contribution < 1.29 is 9.53 Å². The summed E-state index contributed by atoms with van der Waals surface area (Å²) >= 11 is 1.38. The highest BCUT2D eigenvalue weighted by atomic mass is 32.1. The SMILES string of the molecule is Cc1nccc(NC(=O)Oc2nc(C)sc2Nc2cnn(C)c2)n1. The first-order valence-corrected chi connectivity index (χ1v) is 7.83. The van der Waals surface area contributed by atoms with Crippen LogP contribution in [0.25, 0.3) is 0 Å². The Morgan fingerprint density at radius 2 is 2.17 bits per heavy atom. The third kappa shape index (κ3) is 3.84. The van der Waals surface area contributed by atoms with E-state index in [-0.39, 0.29) is 5.88 Å². The van der Waals surface area contributed by atoms with Crippen LogP contribution in [0, 0.1) is 13.8 Å². The lowest BCUT2D eigenvalue weighted by atomic mass is 10.5. The van der Waals surface area contributed by atoms with Gasteiger partial charge in [-0.1, -0.05) is 11.3 Å². The molecule has 0 atom stereocenters. The van der Waals surface area contributed by atoms with E-state index in [9.17, 15) is 4.79 Å². The van der Waals surface area contributed by atoms with Crippen LogP contribution in [0.4, 0.5) is 21.3 Å². The maximum atomic E-state index is 12.0. The van der Waals surface area contributed by atoms with Gasteiger partial charge in [0.2, 0.25) is 0 Å². The molecule has 0 aliphatic carbocycles. The second-order valence-electron chi connectivity index (χ2n) is 4.90. The lowest BCUT2D eigenvalue weighted by molar-refractivity contribution is 0.213. The summed E-state index contributed by atoms with van der Waals surface area (Å²) in [6.07, 6.45) is 4.36. The van der Waals surface area contributed by atoms with Crippen LogP contribution in [0.1, 0.15) is 10.8 Å². The van der Waals surface area contributed by atoms with E-state index >= 15 is 0 Å². The minimum atomic E-state index is -0.673. The summed E-state index contributed by atoms with van der Waals surface area (Å²) in [5.74, 6) is 1.11. The van der Waals surface area contributed by atoms with Gasteiger partial charge in [0.05, 0.1) is 16.9 Å². The van der Waals surface area contributed by atoms with Crippen molar-refractivity contribution in [3.8, 4) is 5.88 Å². The van der Waals surface area contributed by atoms with E-state index in [1.807, 2.05) is 20.2 Å². The number of carbonyl (C=O) groups is 1.